The molecule has 5 aromatic carbocycles. The van der Waals surface area contributed by atoms with E-state index < -0.39 is 0 Å². The van der Waals surface area contributed by atoms with Gasteiger partial charge in [0.15, 0.2) is 0 Å². The van der Waals surface area contributed by atoms with Gasteiger partial charge in [0.1, 0.15) is 11.5 Å². The summed E-state index contributed by atoms with van der Waals surface area (Å²) in [4.78, 5) is 4.89. The SMILES string of the molecule is COc1cccc2cccc(-c3ccccc3/N=C/c3cc(C)cc(C(C)(C)c4ccccc4)c3O)c12. The zero-order valence-electron chi connectivity index (χ0n) is 21.7. The molecular formula is C34H31NO2. The molecule has 0 saturated heterocycles. The molecule has 0 atom stereocenters. The van der Waals surface area contributed by atoms with E-state index in [9.17, 15) is 5.11 Å². The van der Waals surface area contributed by atoms with Crippen molar-refractivity contribution in [3.63, 3.8) is 0 Å². The first kappa shape index (κ1) is 24.3. The van der Waals surface area contributed by atoms with Crippen LogP contribution in [0.2, 0.25) is 0 Å². The Morgan fingerprint density at radius 2 is 1.46 bits per heavy atom. The van der Waals surface area contributed by atoms with E-state index in [-0.39, 0.29) is 11.2 Å². The van der Waals surface area contributed by atoms with Crippen LogP contribution in [0.1, 0.15) is 36.1 Å². The Bertz CT molecular complexity index is 1590. The highest BCUT2D eigenvalue weighted by molar-refractivity contribution is 6.03. The second-order valence-electron chi connectivity index (χ2n) is 9.88. The predicted octanol–water partition coefficient (Wildman–Crippen LogP) is 8.61. The van der Waals surface area contributed by atoms with Crippen LogP contribution >= 0.6 is 0 Å². The second kappa shape index (κ2) is 9.94. The summed E-state index contributed by atoms with van der Waals surface area (Å²) in [6, 6.07) is 34.7. The van der Waals surface area contributed by atoms with Gasteiger partial charge in [-0.25, -0.2) is 0 Å². The number of benzene rings is 5. The quantitative estimate of drug-likeness (QED) is 0.245. The Morgan fingerprint density at radius 3 is 2.22 bits per heavy atom. The molecule has 5 rings (SSSR count). The lowest BCUT2D eigenvalue weighted by Gasteiger charge is -2.28. The fourth-order valence-electron chi connectivity index (χ4n) is 5.05. The maximum atomic E-state index is 11.4. The molecule has 0 unspecified atom stereocenters. The highest BCUT2D eigenvalue weighted by atomic mass is 16.5. The first-order valence-electron chi connectivity index (χ1n) is 12.5. The molecule has 0 aliphatic carbocycles. The second-order valence-corrected chi connectivity index (χ2v) is 9.88. The van der Waals surface area contributed by atoms with Crippen molar-refractivity contribution in [1.82, 2.24) is 0 Å². The zero-order chi connectivity index (χ0) is 26.0. The Balaban J connectivity index is 1.60. The molecule has 0 aliphatic heterocycles. The van der Waals surface area contributed by atoms with Gasteiger partial charge in [-0.3, -0.25) is 4.99 Å². The Hall–Kier alpha value is -4.37. The Labute approximate surface area is 218 Å². The molecule has 184 valence electrons. The van der Waals surface area contributed by atoms with Crippen molar-refractivity contribution >= 4 is 22.7 Å². The summed E-state index contributed by atoms with van der Waals surface area (Å²) in [6.07, 6.45) is 1.77. The third-order valence-electron chi connectivity index (χ3n) is 7.08. The van der Waals surface area contributed by atoms with Crippen molar-refractivity contribution in [2.75, 3.05) is 7.11 Å². The summed E-state index contributed by atoms with van der Waals surface area (Å²) in [5.41, 5.74) is 6.33. The third kappa shape index (κ3) is 4.61. The number of nitrogens with zero attached hydrogens (tertiary/aromatic N) is 1. The summed E-state index contributed by atoms with van der Waals surface area (Å²) < 4.78 is 5.70. The number of phenols is 1. The lowest BCUT2D eigenvalue weighted by Crippen LogP contribution is -2.19. The monoisotopic (exact) mass is 485 g/mol. The number of fused-ring (bicyclic) bond motifs is 1. The maximum Gasteiger partial charge on any atom is 0.128 e. The molecular weight excluding hydrogens is 454 g/mol. The number of aryl methyl sites for hydroxylation is 1. The zero-order valence-corrected chi connectivity index (χ0v) is 21.7. The molecule has 0 saturated carbocycles. The van der Waals surface area contributed by atoms with E-state index in [0.29, 0.717) is 5.56 Å². The van der Waals surface area contributed by atoms with Gasteiger partial charge in [-0.1, -0.05) is 98.8 Å². The van der Waals surface area contributed by atoms with Crippen LogP contribution in [0.4, 0.5) is 5.69 Å². The topological polar surface area (TPSA) is 41.8 Å². The van der Waals surface area contributed by atoms with Crippen LogP contribution in [0.3, 0.4) is 0 Å². The molecule has 0 aromatic heterocycles. The van der Waals surface area contributed by atoms with E-state index in [1.807, 2.05) is 54.6 Å². The summed E-state index contributed by atoms with van der Waals surface area (Å²) >= 11 is 0. The third-order valence-corrected chi connectivity index (χ3v) is 7.08. The lowest BCUT2D eigenvalue weighted by molar-refractivity contribution is 0.420. The van der Waals surface area contributed by atoms with Gasteiger partial charge in [0, 0.05) is 33.7 Å². The van der Waals surface area contributed by atoms with Crippen LogP contribution in [0.15, 0.2) is 108 Å². The molecule has 0 spiro atoms. The number of aliphatic imine (C=N–C) groups is 1. The average molecular weight is 486 g/mol. The van der Waals surface area contributed by atoms with Crippen LogP contribution in [0.25, 0.3) is 21.9 Å². The maximum absolute atomic E-state index is 11.4. The number of rotatable bonds is 6. The number of ether oxygens (including phenoxy) is 1. The molecule has 3 heteroatoms. The minimum Gasteiger partial charge on any atom is -0.507 e. The van der Waals surface area contributed by atoms with E-state index in [0.717, 1.165) is 50.0 Å². The summed E-state index contributed by atoms with van der Waals surface area (Å²) in [5, 5.41) is 13.5. The largest absolute Gasteiger partial charge is 0.507 e. The number of phenolic OH excluding ortho intramolecular Hbond substituents is 1. The van der Waals surface area contributed by atoms with Gasteiger partial charge in [0.2, 0.25) is 0 Å². The van der Waals surface area contributed by atoms with Crippen molar-refractivity contribution < 1.29 is 9.84 Å². The van der Waals surface area contributed by atoms with Crippen LogP contribution < -0.4 is 4.74 Å². The van der Waals surface area contributed by atoms with Gasteiger partial charge in [-0.05, 0) is 47.2 Å². The summed E-state index contributed by atoms with van der Waals surface area (Å²) in [6.45, 7) is 6.33. The number of aromatic hydroxyl groups is 1. The van der Waals surface area contributed by atoms with Crippen molar-refractivity contribution in [1.29, 1.82) is 0 Å². The summed E-state index contributed by atoms with van der Waals surface area (Å²) in [7, 11) is 1.70. The Kier molecular flexibility index (Phi) is 6.54. The van der Waals surface area contributed by atoms with Crippen LogP contribution in [-0.2, 0) is 5.41 Å². The van der Waals surface area contributed by atoms with Gasteiger partial charge in [0.25, 0.3) is 0 Å². The number of hydrogen-bond acceptors (Lipinski definition) is 3. The average Bonchev–Trinajstić information content (AvgIpc) is 2.93. The molecule has 0 radical (unpaired) electrons. The van der Waals surface area contributed by atoms with Crippen molar-refractivity contribution in [2.45, 2.75) is 26.2 Å². The van der Waals surface area contributed by atoms with E-state index >= 15 is 0 Å². The first-order chi connectivity index (χ1) is 17.9. The molecule has 0 fully saturated rings. The standard InChI is InChI=1S/C34H31NO2/c1-23-20-25(33(36)29(21-23)34(2,3)26-14-6-5-7-15-26)22-35-30-18-9-8-16-27(30)28-17-10-12-24-13-11-19-31(37-4)32(24)28/h5-22,36H,1-4H3/b35-22+. The molecule has 1 N–H and O–H groups in total. The van der Waals surface area contributed by atoms with E-state index in [2.05, 4.69) is 69.3 Å². The van der Waals surface area contributed by atoms with Gasteiger partial charge < -0.3 is 9.84 Å². The van der Waals surface area contributed by atoms with E-state index in [1.54, 1.807) is 13.3 Å². The molecule has 0 heterocycles. The Morgan fingerprint density at radius 1 is 0.784 bits per heavy atom. The highest BCUT2D eigenvalue weighted by Gasteiger charge is 2.27. The van der Waals surface area contributed by atoms with Gasteiger partial charge in [0.05, 0.1) is 12.8 Å². The van der Waals surface area contributed by atoms with Gasteiger partial charge in [-0.2, -0.15) is 0 Å². The lowest BCUT2D eigenvalue weighted by atomic mass is 9.76. The van der Waals surface area contributed by atoms with Gasteiger partial charge >= 0.3 is 0 Å². The van der Waals surface area contributed by atoms with Crippen molar-refractivity contribution in [3.8, 4) is 22.6 Å². The highest BCUT2D eigenvalue weighted by Crippen LogP contribution is 2.41. The molecule has 0 bridgehead atoms. The molecule has 5 aromatic rings. The van der Waals surface area contributed by atoms with Crippen LogP contribution in [0, 0.1) is 6.92 Å². The number of methoxy groups -OCH3 is 1. The normalized spacial score (nSPS) is 11.8. The number of para-hydroxylation sites is 1. The minimum absolute atomic E-state index is 0.257. The molecule has 3 nitrogen and oxygen atoms in total. The summed E-state index contributed by atoms with van der Waals surface area (Å²) in [5.74, 6) is 1.09. The molecule has 37 heavy (non-hydrogen) atoms. The smallest absolute Gasteiger partial charge is 0.128 e. The van der Waals surface area contributed by atoms with E-state index in [4.69, 9.17) is 9.73 Å². The van der Waals surface area contributed by atoms with Crippen LogP contribution in [-0.4, -0.2) is 18.4 Å². The van der Waals surface area contributed by atoms with Gasteiger partial charge in [-0.15, -0.1) is 0 Å². The number of hydrogen-bond donors (Lipinski definition) is 1. The first-order valence-corrected chi connectivity index (χ1v) is 12.5. The fourth-order valence-corrected chi connectivity index (χ4v) is 5.05. The minimum atomic E-state index is -0.364. The van der Waals surface area contributed by atoms with Crippen molar-refractivity contribution in [3.05, 3.63) is 125 Å². The molecule has 0 amide bonds. The molecule has 0 aliphatic rings. The fraction of sp³-hybridized carbons (Fsp3) is 0.147. The van der Waals surface area contributed by atoms with Crippen molar-refractivity contribution in [2.24, 2.45) is 4.99 Å². The van der Waals surface area contributed by atoms with E-state index in [1.165, 1.54) is 0 Å². The predicted molar refractivity (Wildman–Crippen MR) is 155 cm³/mol. The van der Waals surface area contributed by atoms with Crippen LogP contribution in [0.5, 0.6) is 11.5 Å².